The summed E-state index contributed by atoms with van der Waals surface area (Å²) in [5, 5.41) is 0. The minimum absolute atomic E-state index is 0.00536. The van der Waals surface area contributed by atoms with E-state index in [4.69, 9.17) is 15.2 Å². The number of nitrogens with two attached hydrogens (primary N) is 1. The molecule has 1 aromatic heterocycles. The van der Waals surface area contributed by atoms with E-state index in [0.717, 1.165) is 11.6 Å². The van der Waals surface area contributed by atoms with Gasteiger partial charge in [0.2, 0.25) is 0 Å². The second-order valence-electron chi connectivity index (χ2n) is 5.97. The van der Waals surface area contributed by atoms with Gasteiger partial charge in [-0.1, -0.05) is 30.0 Å². The normalized spacial score (nSPS) is 21.1. The molecule has 1 saturated heterocycles. The number of hydrogen-bond donors (Lipinski definition) is 1. The maximum absolute atomic E-state index is 14.2. The number of nitrogens with zero attached hydrogens (tertiary/aromatic N) is 1. The molecule has 1 aliphatic heterocycles. The van der Waals surface area contributed by atoms with Crippen LogP contribution < -0.4 is 5.73 Å². The zero-order valence-corrected chi connectivity index (χ0v) is 13.9. The molecular formula is C19H15FN2O4. The molecule has 1 aliphatic rings. The first-order chi connectivity index (χ1) is 12.4. The molecule has 132 valence electrons. The summed E-state index contributed by atoms with van der Waals surface area (Å²) in [4.78, 5) is 27.2. The van der Waals surface area contributed by atoms with Crippen molar-refractivity contribution in [1.82, 2.24) is 4.98 Å². The van der Waals surface area contributed by atoms with Gasteiger partial charge in [0.05, 0.1) is 6.61 Å². The average molecular weight is 354 g/mol. The number of benzene rings is 1. The molecule has 1 aromatic carbocycles. The highest BCUT2D eigenvalue weighted by atomic mass is 19.1. The summed E-state index contributed by atoms with van der Waals surface area (Å²) in [5.41, 5.74) is 4.52. The third kappa shape index (κ3) is 3.55. The van der Waals surface area contributed by atoms with Gasteiger partial charge in [-0.15, -0.1) is 0 Å². The third-order valence-electron chi connectivity index (χ3n) is 3.83. The first kappa shape index (κ1) is 17.6. The number of aromatic nitrogens is 1. The van der Waals surface area contributed by atoms with E-state index in [1.54, 1.807) is 0 Å². The van der Waals surface area contributed by atoms with Crippen LogP contribution in [0.4, 0.5) is 4.39 Å². The van der Waals surface area contributed by atoms with Gasteiger partial charge in [-0.25, -0.2) is 14.2 Å². The Morgan fingerprint density at radius 1 is 1.31 bits per heavy atom. The number of halogens is 1. The monoisotopic (exact) mass is 354 g/mol. The first-order valence-corrected chi connectivity index (χ1v) is 7.76. The van der Waals surface area contributed by atoms with E-state index in [9.17, 15) is 14.0 Å². The predicted octanol–water partition coefficient (Wildman–Crippen LogP) is 1.42. The Labute approximate surface area is 149 Å². The molecular weight excluding hydrogens is 339 g/mol. The summed E-state index contributed by atoms with van der Waals surface area (Å²) >= 11 is 0. The number of rotatable bonds is 3. The maximum atomic E-state index is 14.2. The largest absolute Gasteiger partial charge is 0.449 e. The fourth-order valence-corrected chi connectivity index (χ4v) is 2.45. The van der Waals surface area contributed by atoms with Crippen LogP contribution in [0.2, 0.25) is 0 Å². The summed E-state index contributed by atoms with van der Waals surface area (Å²) in [7, 11) is 0. The quantitative estimate of drug-likeness (QED) is 0.665. The zero-order chi connectivity index (χ0) is 18.7. The SMILES string of the molecule is CC1(OC(=O)c2ncc(C#Cc3ccccc3)cc2F)COC1C(N)=O. The topological polar surface area (TPSA) is 91.5 Å². The Morgan fingerprint density at radius 2 is 2.00 bits per heavy atom. The minimum atomic E-state index is -1.23. The molecule has 0 bridgehead atoms. The van der Waals surface area contributed by atoms with Crippen molar-refractivity contribution in [1.29, 1.82) is 0 Å². The highest BCUT2D eigenvalue weighted by Gasteiger charge is 2.52. The summed E-state index contributed by atoms with van der Waals surface area (Å²) in [6, 6.07) is 10.3. The van der Waals surface area contributed by atoms with E-state index in [1.807, 2.05) is 30.3 Å². The summed E-state index contributed by atoms with van der Waals surface area (Å²) in [5.74, 6) is 3.02. The number of pyridine rings is 1. The van der Waals surface area contributed by atoms with Gasteiger partial charge in [0, 0.05) is 17.3 Å². The van der Waals surface area contributed by atoms with Gasteiger partial charge in [-0.05, 0) is 25.1 Å². The van der Waals surface area contributed by atoms with E-state index in [-0.39, 0.29) is 6.61 Å². The molecule has 0 aliphatic carbocycles. The molecule has 2 unspecified atom stereocenters. The number of amides is 1. The van der Waals surface area contributed by atoms with Crippen LogP contribution in [0.3, 0.4) is 0 Å². The van der Waals surface area contributed by atoms with Gasteiger partial charge in [0.1, 0.15) is 0 Å². The van der Waals surface area contributed by atoms with Crippen molar-refractivity contribution in [2.75, 3.05) is 6.61 Å². The number of carbonyl (C=O) groups excluding carboxylic acids is 2. The van der Waals surface area contributed by atoms with Crippen LogP contribution in [0.5, 0.6) is 0 Å². The predicted molar refractivity (Wildman–Crippen MR) is 89.4 cm³/mol. The number of ether oxygens (including phenoxy) is 2. The second kappa shape index (κ2) is 6.94. The highest BCUT2D eigenvalue weighted by molar-refractivity contribution is 5.89. The molecule has 2 atom stereocenters. The second-order valence-corrected chi connectivity index (χ2v) is 5.97. The van der Waals surface area contributed by atoms with Crippen LogP contribution in [0, 0.1) is 17.7 Å². The molecule has 0 saturated carbocycles. The molecule has 1 fully saturated rings. The standard InChI is InChI=1S/C19H15FN2O4/c1-19(11-25-16(19)17(21)23)26-18(24)15-14(20)9-13(10-22-15)8-7-12-5-3-2-4-6-12/h2-6,9-10,16H,11H2,1H3,(H2,21,23). The van der Waals surface area contributed by atoms with Gasteiger partial charge in [0.25, 0.3) is 5.91 Å². The van der Waals surface area contributed by atoms with Crippen LogP contribution in [-0.2, 0) is 14.3 Å². The molecule has 0 radical (unpaired) electrons. The van der Waals surface area contributed by atoms with Gasteiger partial charge in [0.15, 0.2) is 23.2 Å². The van der Waals surface area contributed by atoms with Crippen LogP contribution in [0.15, 0.2) is 42.6 Å². The average Bonchev–Trinajstić information content (AvgIpc) is 2.59. The van der Waals surface area contributed by atoms with Crippen molar-refractivity contribution in [3.63, 3.8) is 0 Å². The van der Waals surface area contributed by atoms with Crippen molar-refractivity contribution in [3.05, 3.63) is 65.2 Å². The molecule has 26 heavy (non-hydrogen) atoms. The lowest BCUT2D eigenvalue weighted by Crippen LogP contribution is -2.63. The van der Waals surface area contributed by atoms with Crippen LogP contribution in [0.1, 0.15) is 28.5 Å². The molecule has 1 amide bonds. The lowest BCUT2D eigenvalue weighted by Gasteiger charge is -2.43. The minimum Gasteiger partial charge on any atom is -0.449 e. The lowest BCUT2D eigenvalue weighted by molar-refractivity contribution is -0.222. The van der Waals surface area contributed by atoms with E-state index >= 15 is 0 Å². The summed E-state index contributed by atoms with van der Waals surface area (Å²) in [6.45, 7) is 1.48. The Balaban J connectivity index is 1.75. The van der Waals surface area contributed by atoms with Gasteiger partial charge in [-0.2, -0.15) is 0 Å². The third-order valence-corrected chi connectivity index (χ3v) is 3.83. The van der Waals surface area contributed by atoms with E-state index < -0.39 is 35.1 Å². The summed E-state index contributed by atoms with van der Waals surface area (Å²) < 4.78 is 24.4. The van der Waals surface area contributed by atoms with Gasteiger partial charge >= 0.3 is 5.97 Å². The van der Waals surface area contributed by atoms with Crippen molar-refractivity contribution in [2.24, 2.45) is 5.73 Å². The Bertz CT molecular complexity index is 920. The number of primary amides is 1. The van der Waals surface area contributed by atoms with E-state index in [0.29, 0.717) is 5.56 Å². The number of hydrogen-bond acceptors (Lipinski definition) is 5. The molecule has 6 nitrogen and oxygen atoms in total. The fraction of sp³-hybridized carbons (Fsp3) is 0.211. The smallest absolute Gasteiger partial charge is 0.360 e. The molecule has 2 aromatic rings. The highest BCUT2D eigenvalue weighted by Crippen LogP contribution is 2.30. The van der Waals surface area contributed by atoms with Gasteiger partial charge < -0.3 is 15.2 Å². The first-order valence-electron chi connectivity index (χ1n) is 7.76. The molecule has 7 heteroatoms. The fourth-order valence-electron chi connectivity index (χ4n) is 2.45. The Morgan fingerprint density at radius 3 is 2.58 bits per heavy atom. The van der Waals surface area contributed by atoms with E-state index in [2.05, 4.69) is 16.8 Å². The van der Waals surface area contributed by atoms with E-state index in [1.165, 1.54) is 13.1 Å². The molecule has 3 rings (SSSR count). The molecule has 0 spiro atoms. The van der Waals surface area contributed by atoms with Gasteiger partial charge in [-0.3, -0.25) is 4.79 Å². The van der Waals surface area contributed by atoms with Crippen molar-refractivity contribution in [2.45, 2.75) is 18.6 Å². The number of carbonyl (C=O) groups is 2. The Kier molecular flexibility index (Phi) is 4.69. The van der Waals surface area contributed by atoms with Crippen molar-refractivity contribution < 1.29 is 23.5 Å². The maximum Gasteiger partial charge on any atom is 0.360 e. The Hall–Kier alpha value is -3.24. The summed E-state index contributed by atoms with van der Waals surface area (Å²) in [6.07, 6.45) is 0.214. The zero-order valence-electron chi connectivity index (χ0n) is 13.9. The van der Waals surface area contributed by atoms with Crippen molar-refractivity contribution in [3.8, 4) is 11.8 Å². The molecule has 2 heterocycles. The lowest BCUT2D eigenvalue weighted by atomic mass is 9.93. The van der Waals surface area contributed by atoms with Crippen LogP contribution in [0.25, 0.3) is 0 Å². The molecule has 2 N–H and O–H groups in total. The van der Waals surface area contributed by atoms with Crippen molar-refractivity contribution >= 4 is 11.9 Å². The van der Waals surface area contributed by atoms with Crippen LogP contribution in [-0.4, -0.2) is 35.2 Å². The van der Waals surface area contributed by atoms with Crippen LogP contribution >= 0.6 is 0 Å². The number of esters is 1.